The van der Waals surface area contributed by atoms with Crippen LogP contribution in [0, 0.1) is 6.92 Å². The Hall–Kier alpha value is -2.60. The second-order valence-electron chi connectivity index (χ2n) is 6.20. The van der Waals surface area contributed by atoms with Crippen molar-refractivity contribution in [3.8, 4) is 0 Å². The van der Waals surface area contributed by atoms with E-state index in [0.717, 1.165) is 16.9 Å². The first kappa shape index (κ1) is 19.7. The standard InChI is InChI=1S/C20H26N2O4/c1-15-6-8-17(9-7-15)19(22-16(2)23)13-20(24)21-10-4-11-25-14-18-5-3-12-26-18/h3,5-9,12,19H,4,10-11,13-14H2,1-2H3,(H,21,24)(H,22,23). The van der Waals surface area contributed by atoms with Gasteiger partial charge >= 0.3 is 0 Å². The van der Waals surface area contributed by atoms with Crippen molar-refractivity contribution in [1.29, 1.82) is 0 Å². The van der Waals surface area contributed by atoms with Gasteiger partial charge in [-0.1, -0.05) is 29.8 Å². The summed E-state index contributed by atoms with van der Waals surface area (Å²) in [5.41, 5.74) is 2.05. The molecule has 0 saturated carbocycles. The highest BCUT2D eigenvalue weighted by Gasteiger charge is 2.16. The summed E-state index contributed by atoms with van der Waals surface area (Å²) >= 11 is 0. The van der Waals surface area contributed by atoms with Crippen molar-refractivity contribution in [1.82, 2.24) is 10.6 Å². The number of benzene rings is 1. The number of furan rings is 1. The molecular weight excluding hydrogens is 332 g/mol. The third-order valence-electron chi connectivity index (χ3n) is 3.86. The lowest BCUT2D eigenvalue weighted by molar-refractivity contribution is -0.122. The predicted molar refractivity (Wildman–Crippen MR) is 98.3 cm³/mol. The molecule has 0 fully saturated rings. The van der Waals surface area contributed by atoms with Crippen LogP contribution in [0.25, 0.3) is 0 Å². The molecule has 0 aliphatic carbocycles. The molecular formula is C20H26N2O4. The van der Waals surface area contributed by atoms with Gasteiger partial charge in [-0.3, -0.25) is 9.59 Å². The smallest absolute Gasteiger partial charge is 0.222 e. The maximum atomic E-state index is 12.2. The van der Waals surface area contributed by atoms with Gasteiger partial charge in [0.15, 0.2) is 0 Å². The molecule has 2 amide bonds. The molecule has 6 heteroatoms. The summed E-state index contributed by atoms with van der Waals surface area (Å²) in [6.07, 6.45) is 2.52. The van der Waals surface area contributed by atoms with Gasteiger partial charge in [-0.05, 0) is 31.0 Å². The molecule has 0 radical (unpaired) electrons. The van der Waals surface area contributed by atoms with Gasteiger partial charge in [0, 0.05) is 20.1 Å². The fraction of sp³-hybridized carbons (Fsp3) is 0.400. The van der Waals surface area contributed by atoms with Crippen LogP contribution < -0.4 is 10.6 Å². The van der Waals surface area contributed by atoms with Crippen LogP contribution in [0.5, 0.6) is 0 Å². The van der Waals surface area contributed by atoms with Gasteiger partial charge in [0.25, 0.3) is 0 Å². The molecule has 0 aliphatic rings. The summed E-state index contributed by atoms with van der Waals surface area (Å²) in [4.78, 5) is 23.6. The molecule has 1 unspecified atom stereocenters. The van der Waals surface area contributed by atoms with Crippen molar-refractivity contribution in [3.05, 3.63) is 59.5 Å². The summed E-state index contributed by atoms with van der Waals surface area (Å²) in [5, 5.41) is 5.71. The number of rotatable bonds is 10. The molecule has 2 N–H and O–H groups in total. The average Bonchev–Trinajstić information content (AvgIpc) is 3.11. The van der Waals surface area contributed by atoms with E-state index >= 15 is 0 Å². The summed E-state index contributed by atoms with van der Waals surface area (Å²) in [7, 11) is 0. The molecule has 0 bridgehead atoms. The minimum Gasteiger partial charge on any atom is -0.467 e. The number of carbonyl (C=O) groups excluding carboxylic acids is 2. The highest BCUT2D eigenvalue weighted by Crippen LogP contribution is 2.17. The monoisotopic (exact) mass is 358 g/mol. The Bertz CT molecular complexity index is 680. The summed E-state index contributed by atoms with van der Waals surface area (Å²) < 4.78 is 10.6. The molecule has 0 aliphatic heterocycles. The van der Waals surface area contributed by atoms with Crippen LogP contribution in [0.4, 0.5) is 0 Å². The van der Waals surface area contributed by atoms with Crippen LogP contribution in [0.1, 0.15) is 42.7 Å². The zero-order valence-corrected chi connectivity index (χ0v) is 15.3. The van der Waals surface area contributed by atoms with Gasteiger partial charge in [0.2, 0.25) is 11.8 Å². The largest absolute Gasteiger partial charge is 0.467 e. The molecule has 1 aromatic carbocycles. The highest BCUT2D eigenvalue weighted by atomic mass is 16.5. The molecule has 2 rings (SSSR count). The first-order chi connectivity index (χ1) is 12.5. The van der Waals surface area contributed by atoms with Crippen LogP contribution in [0.3, 0.4) is 0 Å². The van der Waals surface area contributed by atoms with E-state index in [9.17, 15) is 9.59 Å². The lowest BCUT2D eigenvalue weighted by Gasteiger charge is -2.18. The zero-order valence-electron chi connectivity index (χ0n) is 15.3. The van der Waals surface area contributed by atoms with Gasteiger partial charge in [0.1, 0.15) is 12.4 Å². The average molecular weight is 358 g/mol. The van der Waals surface area contributed by atoms with E-state index in [4.69, 9.17) is 9.15 Å². The Morgan fingerprint density at radius 3 is 2.62 bits per heavy atom. The van der Waals surface area contributed by atoms with Gasteiger partial charge in [-0.25, -0.2) is 0 Å². The predicted octanol–water partition coefficient (Wildman–Crippen LogP) is 2.88. The summed E-state index contributed by atoms with van der Waals surface area (Å²) in [6.45, 7) is 4.94. The van der Waals surface area contributed by atoms with Crippen LogP contribution in [0.15, 0.2) is 47.1 Å². The normalized spacial score (nSPS) is 11.8. The molecule has 0 spiro atoms. The number of aryl methyl sites for hydroxylation is 1. The minimum atomic E-state index is -0.330. The van der Waals surface area contributed by atoms with E-state index in [1.165, 1.54) is 6.92 Å². The van der Waals surface area contributed by atoms with Crippen molar-refractivity contribution < 1.29 is 18.7 Å². The van der Waals surface area contributed by atoms with E-state index < -0.39 is 0 Å². The molecule has 140 valence electrons. The van der Waals surface area contributed by atoms with Crippen molar-refractivity contribution in [2.45, 2.75) is 39.3 Å². The molecule has 1 atom stereocenters. The SMILES string of the molecule is CC(=O)NC(CC(=O)NCCCOCc1ccco1)c1ccc(C)cc1. The van der Waals surface area contributed by atoms with Crippen LogP contribution in [-0.4, -0.2) is 25.0 Å². The van der Waals surface area contributed by atoms with E-state index in [1.807, 2.05) is 43.3 Å². The number of amides is 2. The number of ether oxygens (including phenoxy) is 1. The number of carbonyl (C=O) groups is 2. The summed E-state index contributed by atoms with van der Waals surface area (Å²) in [6, 6.07) is 11.2. The van der Waals surface area contributed by atoms with Gasteiger partial charge in [-0.15, -0.1) is 0 Å². The Morgan fingerprint density at radius 2 is 1.96 bits per heavy atom. The second kappa shape index (κ2) is 10.4. The first-order valence-corrected chi connectivity index (χ1v) is 8.75. The second-order valence-corrected chi connectivity index (χ2v) is 6.20. The topological polar surface area (TPSA) is 80.6 Å². The third-order valence-corrected chi connectivity index (χ3v) is 3.86. The van der Waals surface area contributed by atoms with Crippen LogP contribution in [-0.2, 0) is 20.9 Å². The van der Waals surface area contributed by atoms with Gasteiger partial charge < -0.3 is 19.8 Å². The zero-order chi connectivity index (χ0) is 18.8. The van der Waals surface area contributed by atoms with Crippen molar-refractivity contribution in [2.75, 3.05) is 13.2 Å². The van der Waals surface area contributed by atoms with Crippen molar-refractivity contribution in [3.63, 3.8) is 0 Å². The fourth-order valence-electron chi connectivity index (χ4n) is 2.52. The van der Waals surface area contributed by atoms with Gasteiger partial charge in [0.05, 0.1) is 18.7 Å². The van der Waals surface area contributed by atoms with E-state index in [0.29, 0.717) is 26.2 Å². The lowest BCUT2D eigenvalue weighted by Crippen LogP contribution is -2.33. The maximum Gasteiger partial charge on any atom is 0.222 e. The minimum absolute atomic E-state index is 0.102. The molecule has 26 heavy (non-hydrogen) atoms. The fourth-order valence-corrected chi connectivity index (χ4v) is 2.52. The quantitative estimate of drug-likeness (QED) is 0.640. The number of nitrogens with one attached hydrogen (secondary N) is 2. The van der Waals surface area contributed by atoms with Crippen LogP contribution in [0.2, 0.25) is 0 Å². The van der Waals surface area contributed by atoms with E-state index in [1.54, 1.807) is 6.26 Å². The first-order valence-electron chi connectivity index (χ1n) is 8.75. The Labute approximate surface area is 153 Å². The molecule has 2 aromatic rings. The Balaban J connectivity index is 1.70. The number of hydrogen-bond acceptors (Lipinski definition) is 4. The molecule has 1 heterocycles. The molecule has 1 aromatic heterocycles. The van der Waals surface area contributed by atoms with Gasteiger partial charge in [-0.2, -0.15) is 0 Å². The van der Waals surface area contributed by atoms with Crippen LogP contribution >= 0.6 is 0 Å². The maximum absolute atomic E-state index is 12.2. The Morgan fingerprint density at radius 1 is 1.19 bits per heavy atom. The highest BCUT2D eigenvalue weighted by molar-refractivity contribution is 5.79. The van der Waals surface area contributed by atoms with Crippen molar-refractivity contribution in [2.24, 2.45) is 0 Å². The van der Waals surface area contributed by atoms with Crippen molar-refractivity contribution >= 4 is 11.8 Å². The number of hydrogen-bond donors (Lipinski definition) is 2. The third kappa shape index (κ3) is 7.11. The summed E-state index contributed by atoms with van der Waals surface area (Å²) in [5.74, 6) is 0.523. The molecule has 0 saturated heterocycles. The Kier molecular flexibility index (Phi) is 7.89. The van der Waals surface area contributed by atoms with E-state index in [-0.39, 0.29) is 24.3 Å². The molecule has 6 nitrogen and oxygen atoms in total. The lowest BCUT2D eigenvalue weighted by atomic mass is 10.0. The van der Waals surface area contributed by atoms with E-state index in [2.05, 4.69) is 10.6 Å².